The fraction of sp³-hybridized carbons (Fsp3) is 0.308. The minimum atomic E-state index is -7.76. The fourth-order valence-electron chi connectivity index (χ4n) is 3.10. The lowest BCUT2D eigenvalue weighted by Gasteiger charge is -2.32. The highest BCUT2D eigenvalue weighted by molar-refractivity contribution is 7.88. The van der Waals surface area contributed by atoms with E-state index in [1.807, 2.05) is 12.1 Å². The third-order valence-corrected chi connectivity index (χ3v) is 9.57. The van der Waals surface area contributed by atoms with Crippen LogP contribution < -0.4 is 8.37 Å². The molecule has 0 saturated heterocycles. The third-order valence-electron chi connectivity index (χ3n) is 5.87. The topological polar surface area (TPSA) is 86.7 Å². The number of hydrogen-bond acceptors (Lipinski definition) is 6. The zero-order valence-electron chi connectivity index (χ0n) is 24.6. The zero-order valence-corrected chi connectivity index (χ0v) is 27.1. The van der Waals surface area contributed by atoms with E-state index in [0.29, 0.717) is 0 Å². The van der Waals surface area contributed by atoms with E-state index in [2.05, 4.69) is 56.9 Å². The summed E-state index contributed by atoms with van der Waals surface area (Å²) in [6, 6.07) is 19.7. The smallest absolute Gasteiger partial charge is 0.378 e. The minimum absolute atomic E-state index is 0.320. The molecule has 0 N–H and O–H groups in total. The quantitative estimate of drug-likeness (QED) is 0.0784. The van der Waals surface area contributed by atoms with Crippen molar-refractivity contribution in [2.24, 2.45) is 0 Å². The molecule has 27 heteroatoms. The Bertz CT molecular complexity index is 1760. The Morgan fingerprint density at radius 2 is 0.623 bits per heavy atom. The molecule has 0 aliphatic carbocycles. The van der Waals surface area contributed by atoms with E-state index >= 15 is 0 Å². The van der Waals surface area contributed by atoms with Crippen molar-refractivity contribution < 1.29 is 104 Å². The van der Waals surface area contributed by atoms with Crippen LogP contribution in [0, 0.1) is 0 Å². The third kappa shape index (κ3) is 8.81. The van der Waals surface area contributed by atoms with Gasteiger partial charge in [0.2, 0.25) is 0 Å². The Labute approximate surface area is 288 Å². The van der Waals surface area contributed by atoms with E-state index in [9.17, 15) is 95.9 Å². The van der Waals surface area contributed by atoms with Crippen LogP contribution in [0.15, 0.2) is 94.7 Å². The number of thiol groups is 1. The molecule has 298 valence electrons. The van der Waals surface area contributed by atoms with Crippen LogP contribution in [0.4, 0.5) is 79.0 Å². The van der Waals surface area contributed by atoms with Gasteiger partial charge in [0, 0.05) is 11.8 Å². The van der Waals surface area contributed by atoms with Crippen molar-refractivity contribution in [1.82, 2.24) is 0 Å². The van der Waals surface area contributed by atoms with Gasteiger partial charge in [0.15, 0.2) is 9.79 Å². The first kappa shape index (κ1) is 45.4. The lowest BCUT2D eigenvalue weighted by atomic mass is 10.1. The Morgan fingerprint density at radius 3 is 0.849 bits per heavy atom. The summed E-state index contributed by atoms with van der Waals surface area (Å²) in [5, 5.41) is -14.8. The van der Waals surface area contributed by atoms with Crippen LogP contribution in [-0.2, 0) is 32.0 Å². The number of rotatable bonds is 12. The molecule has 0 radical (unpaired) electrons. The summed E-state index contributed by atoms with van der Waals surface area (Å²) in [4.78, 5) is 2.68. The van der Waals surface area contributed by atoms with Crippen LogP contribution in [0.5, 0.6) is 11.5 Å². The van der Waals surface area contributed by atoms with Crippen LogP contribution in [0.1, 0.15) is 0 Å². The molecule has 0 heterocycles. The van der Waals surface area contributed by atoms with E-state index in [1.165, 1.54) is 21.6 Å². The van der Waals surface area contributed by atoms with Gasteiger partial charge in [-0.15, -0.1) is 0 Å². The van der Waals surface area contributed by atoms with Gasteiger partial charge in [-0.3, -0.25) is 0 Å². The van der Waals surface area contributed by atoms with Crippen molar-refractivity contribution in [2.45, 2.75) is 56.3 Å². The normalized spacial score (nSPS) is 14.2. The maximum Gasteiger partial charge on any atom is 0.460 e. The molecule has 0 aromatic heterocycles. The highest BCUT2D eigenvalue weighted by Gasteiger charge is 2.87. The average molecular weight is 862 g/mol. The summed E-state index contributed by atoms with van der Waals surface area (Å²) in [5.41, 5.74) is 0. The molecule has 0 aliphatic rings. The Balaban J connectivity index is 0.000000617. The molecule has 53 heavy (non-hydrogen) atoms. The Hall–Kier alpha value is -3.75. The van der Waals surface area contributed by atoms with Gasteiger partial charge in [0.05, 0.1) is 0 Å². The van der Waals surface area contributed by atoms with E-state index in [0.717, 1.165) is 0 Å². The van der Waals surface area contributed by atoms with Gasteiger partial charge in [0.25, 0.3) is 0 Å². The molecule has 0 fully saturated rings. The predicted molar refractivity (Wildman–Crippen MR) is 146 cm³/mol. The number of benzene rings is 3. The Kier molecular flexibility index (Phi) is 12.7. The first-order valence-corrected chi connectivity index (χ1v) is 16.5. The SMILES string of the molecule is O=S(=O)(Oc1ccc(OS(=O)(=O)C(F)(F)C(F)(F)C(F)(F)C(F)(F)F)cc1)C(F)(F)C(F)(F)C(F)(F)C(F)(F)F.c1ccc([SH+]c2ccccc2)cc1. The molecule has 3 aromatic rings. The lowest BCUT2D eigenvalue weighted by molar-refractivity contribution is -0.382. The highest BCUT2D eigenvalue weighted by atomic mass is 32.2. The van der Waals surface area contributed by atoms with Crippen molar-refractivity contribution in [3.8, 4) is 11.5 Å². The molecule has 6 nitrogen and oxygen atoms in total. The molecular formula is C26H15F18O6S3+. The molecule has 0 spiro atoms. The largest absolute Gasteiger partial charge is 0.460 e. The van der Waals surface area contributed by atoms with Crippen molar-refractivity contribution in [2.75, 3.05) is 0 Å². The molecule has 0 amide bonds. The van der Waals surface area contributed by atoms with Crippen molar-refractivity contribution in [3.05, 3.63) is 84.9 Å². The Morgan fingerprint density at radius 1 is 0.377 bits per heavy atom. The molecule has 3 aromatic carbocycles. The minimum Gasteiger partial charge on any atom is -0.378 e. The van der Waals surface area contributed by atoms with Crippen LogP contribution in [0.25, 0.3) is 0 Å². The van der Waals surface area contributed by atoms with Crippen LogP contribution in [0.3, 0.4) is 0 Å². The highest BCUT2D eigenvalue weighted by Crippen LogP contribution is 2.56. The molecule has 0 bridgehead atoms. The second-order valence-electron chi connectivity index (χ2n) is 9.66. The first-order chi connectivity index (χ1) is 23.6. The van der Waals surface area contributed by atoms with Gasteiger partial charge in [-0.25, -0.2) is 0 Å². The van der Waals surface area contributed by atoms with Crippen LogP contribution in [-0.4, -0.2) is 63.4 Å². The molecule has 3 rings (SSSR count). The summed E-state index contributed by atoms with van der Waals surface area (Å²) in [6.07, 6.45) is -14.9. The van der Waals surface area contributed by atoms with Crippen molar-refractivity contribution in [1.29, 1.82) is 0 Å². The first-order valence-electron chi connectivity index (χ1n) is 12.8. The summed E-state index contributed by atoms with van der Waals surface area (Å²) in [6.45, 7) is 0. The second-order valence-corrected chi connectivity index (χ2v) is 14.1. The van der Waals surface area contributed by atoms with E-state index in [1.54, 1.807) is 0 Å². The predicted octanol–water partition coefficient (Wildman–Crippen LogP) is 8.87. The molecule has 0 unspecified atom stereocenters. The summed E-state index contributed by atoms with van der Waals surface area (Å²) in [7, 11) is -15.1. The van der Waals surface area contributed by atoms with E-state index in [4.69, 9.17) is 0 Å². The molecule has 0 aliphatic heterocycles. The van der Waals surface area contributed by atoms with Gasteiger partial charge in [-0.05, 0) is 48.5 Å². The second kappa shape index (κ2) is 14.8. The van der Waals surface area contributed by atoms with Crippen molar-refractivity contribution >= 4 is 32.0 Å². The maximum atomic E-state index is 13.6. The molecular weight excluding hydrogens is 846 g/mol. The van der Waals surface area contributed by atoms with Gasteiger partial charge < -0.3 is 8.37 Å². The summed E-state index contributed by atoms with van der Waals surface area (Å²) in [5.74, 6) is -34.6. The zero-order chi connectivity index (χ0) is 41.3. The van der Waals surface area contributed by atoms with E-state index < -0.39 is 78.3 Å². The van der Waals surface area contributed by atoms with Gasteiger partial charge in [0.1, 0.15) is 11.5 Å². The fourth-order valence-corrected chi connectivity index (χ4v) is 5.86. The lowest BCUT2D eigenvalue weighted by Crippen LogP contribution is -2.63. The van der Waals surface area contributed by atoms with Gasteiger partial charge in [-0.2, -0.15) is 95.9 Å². The van der Waals surface area contributed by atoms with Crippen LogP contribution >= 0.6 is 0 Å². The molecule has 0 saturated carbocycles. The maximum absolute atomic E-state index is 13.6. The van der Waals surface area contributed by atoms with Crippen molar-refractivity contribution in [3.63, 3.8) is 0 Å². The standard InChI is InChI=1S/C14H4F18O6S2.C12H10S/c15-7(16,11(23,24)25)9(19,20)13(29,30)39(33,34)37-5-1-2-6(4-3-5)38-40(35,36)14(31,32)10(21,22)8(17,18)12(26,27)28;1-3-7-11(8-4-1)13-12-9-5-2-6-10-12/h1-4H;1-10H/p+1. The molecule has 0 atom stereocenters. The van der Waals surface area contributed by atoms with E-state index in [-0.39, 0.29) is 24.3 Å². The number of halogens is 18. The number of alkyl halides is 18. The van der Waals surface area contributed by atoms with Gasteiger partial charge >= 0.3 is 66.8 Å². The van der Waals surface area contributed by atoms with Crippen LogP contribution in [0.2, 0.25) is 0 Å². The summed E-state index contributed by atoms with van der Waals surface area (Å²) < 4.78 is 283. The number of hydrogen-bond donors (Lipinski definition) is 0. The monoisotopic (exact) mass is 861 g/mol. The average Bonchev–Trinajstić information content (AvgIpc) is 3.01. The van der Waals surface area contributed by atoms with Gasteiger partial charge in [-0.1, -0.05) is 36.4 Å². The summed E-state index contributed by atoms with van der Waals surface area (Å²) >= 11 is 1.28.